The molecule has 2 aromatic heterocycles. The van der Waals surface area contributed by atoms with Crippen LogP contribution in [0.15, 0.2) is 48.7 Å². The zero-order valence-electron chi connectivity index (χ0n) is 15.5. The number of alkyl halides is 3. The molecule has 1 N–H and O–H groups in total. The molecule has 0 unspecified atom stereocenters. The summed E-state index contributed by atoms with van der Waals surface area (Å²) >= 11 is 0. The first kappa shape index (κ1) is 18.8. The van der Waals surface area contributed by atoms with Crippen molar-refractivity contribution in [3.05, 3.63) is 59.9 Å². The number of H-pyrrole nitrogens is 1. The van der Waals surface area contributed by atoms with Crippen LogP contribution < -0.4 is 4.90 Å². The van der Waals surface area contributed by atoms with Gasteiger partial charge in [-0.05, 0) is 43.1 Å². The lowest BCUT2D eigenvalue weighted by atomic mass is 10.1. The number of aryl methyl sites for hydroxylation is 1. The Kier molecular flexibility index (Phi) is 5.26. The van der Waals surface area contributed by atoms with Gasteiger partial charge in [0.25, 0.3) is 0 Å². The van der Waals surface area contributed by atoms with Gasteiger partial charge in [-0.2, -0.15) is 13.2 Å². The van der Waals surface area contributed by atoms with Crippen LogP contribution in [0.4, 0.5) is 19.0 Å². The number of nitrogens with zero attached hydrogens (tertiary/aromatic N) is 3. The predicted molar refractivity (Wildman–Crippen MR) is 105 cm³/mol. The minimum absolute atomic E-state index is 0.410. The molecule has 0 bridgehead atoms. The van der Waals surface area contributed by atoms with Crippen molar-refractivity contribution in [1.29, 1.82) is 0 Å². The number of nitrogens with one attached hydrogen (secondary N) is 1. The maximum absolute atomic E-state index is 12.9. The van der Waals surface area contributed by atoms with Crippen molar-refractivity contribution >= 4 is 16.7 Å². The molecule has 1 fully saturated rings. The van der Waals surface area contributed by atoms with Crippen molar-refractivity contribution in [2.45, 2.75) is 19.0 Å². The number of para-hydroxylation sites is 1. The molecule has 0 amide bonds. The van der Waals surface area contributed by atoms with E-state index in [1.807, 2.05) is 11.0 Å². The van der Waals surface area contributed by atoms with E-state index in [4.69, 9.17) is 0 Å². The van der Waals surface area contributed by atoms with E-state index in [0.717, 1.165) is 38.5 Å². The van der Waals surface area contributed by atoms with Gasteiger partial charge in [-0.15, -0.1) is 0 Å². The molecule has 0 atom stereocenters. The third-order valence-corrected chi connectivity index (χ3v) is 5.32. The number of hydrogen-bond acceptors (Lipinski definition) is 3. The second-order valence-corrected chi connectivity index (χ2v) is 7.17. The zero-order chi connectivity index (χ0) is 19.6. The van der Waals surface area contributed by atoms with Gasteiger partial charge in [0.1, 0.15) is 11.5 Å². The lowest BCUT2D eigenvalue weighted by Crippen LogP contribution is -2.47. The Morgan fingerprint density at radius 3 is 2.54 bits per heavy atom. The number of pyridine rings is 1. The highest BCUT2D eigenvalue weighted by Gasteiger charge is 2.33. The van der Waals surface area contributed by atoms with Gasteiger partial charge in [0, 0.05) is 43.3 Å². The monoisotopic (exact) mass is 388 g/mol. The maximum Gasteiger partial charge on any atom is 0.433 e. The number of piperazine rings is 1. The summed E-state index contributed by atoms with van der Waals surface area (Å²) in [6.45, 7) is 4.06. The molecule has 4 nitrogen and oxygen atoms in total. The first-order valence-corrected chi connectivity index (χ1v) is 9.57. The molecule has 1 aromatic carbocycles. The molecular weight excluding hydrogens is 365 g/mol. The number of benzene rings is 1. The van der Waals surface area contributed by atoms with Gasteiger partial charge in [-0.25, -0.2) is 4.98 Å². The van der Waals surface area contributed by atoms with E-state index < -0.39 is 11.9 Å². The van der Waals surface area contributed by atoms with Gasteiger partial charge in [0.15, 0.2) is 0 Å². The van der Waals surface area contributed by atoms with Gasteiger partial charge >= 0.3 is 6.18 Å². The van der Waals surface area contributed by atoms with Crippen LogP contribution >= 0.6 is 0 Å². The second-order valence-electron chi connectivity index (χ2n) is 7.17. The molecule has 3 aromatic rings. The lowest BCUT2D eigenvalue weighted by Gasteiger charge is -2.35. The number of anilines is 1. The SMILES string of the molecule is FC(F)(F)c1cccc(N2CCN(CCCc3c[nH]c4ccccc34)CC2)n1. The van der Waals surface area contributed by atoms with Gasteiger partial charge in [-0.1, -0.05) is 24.3 Å². The van der Waals surface area contributed by atoms with Crippen molar-refractivity contribution in [3.63, 3.8) is 0 Å². The van der Waals surface area contributed by atoms with Crippen molar-refractivity contribution in [2.75, 3.05) is 37.6 Å². The van der Waals surface area contributed by atoms with Crippen LogP contribution in [-0.2, 0) is 12.6 Å². The van der Waals surface area contributed by atoms with E-state index in [-0.39, 0.29) is 0 Å². The van der Waals surface area contributed by atoms with Crippen molar-refractivity contribution < 1.29 is 13.2 Å². The standard InChI is InChI=1S/C21H23F3N4/c22-21(23,24)19-8-3-9-20(26-19)28-13-11-27(12-14-28)10-4-5-16-15-25-18-7-2-1-6-17(16)18/h1-3,6-9,15,25H,4-5,10-14H2. The fourth-order valence-electron chi connectivity index (χ4n) is 3.79. The number of hydrogen-bond donors (Lipinski definition) is 1. The van der Waals surface area contributed by atoms with Crippen molar-refractivity contribution in [3.8, 4) is 0 Å². The van der Waals surface area contributed by atoms with E-state index in [1.54, 1.807) is 6.07 Å². The molecule has 148 valence electrons. The molecule has 1 aliphatic rings. The highest BCUT2D eigenvalue weighted by molar-refractivity contribution is 5.82. The molecular formula is C21H23F3N4. The Labute approximate surface area is 162 Å². The first-order valence-electron chi connectivity index (χ1n) is 9.57. The largest absolute Gasteiger partial charge is 0.433 e. The molecule has 0 radical (unpaired) electrons. The summed E-state index contributed by atoms with van der Waals surface area (Å²) in [6.07, 6.45) is -0.245. The summed E-state index contributed by atoms with van der Waals surface area (Å²) in [5, 5.41) is 1.28. The van der Waals surface area contributed by atoms with Gasteiger partial charge < -0.3 is 9.88 Å². The Balaban J connectivity index is 1.28. The molecule has 0 spiro atoms. The number of halogens is 3. The molecule has 7 heteroatoms. The minimum atomic E-state index is -4.40. The predicted octanol–water partition coefficient (Wildman–Crippen LogP) is 4.34. The fraction of sp³-hybridized carbons (Fsp3) is 0.381. The molecule has 0 saturated carbocycles. The highest BCUT2D eigenvalue weighted by Crippen LogP contribution is 2.29. The summed E-state index contributed by atoms with van der Waals surface area (Å²) in [5.74, 6) is 0.410. The highest BCUT2D eigenvalue weighted by atomic mass is 19.4. The average molecular weight is 388 g/mol. The van der Waals surface area contributed by atoms with E-state index in [9.17, 15) is 13.2 Å². The topological polar surface area (TPSA) is 35.2 Å². The zero-order valence-corrected chi connectivity index (χ0v) is 15.5. The Morgan fingerprint density at radius 2 is 1.75 bits per heavy atom. The van der Waals surface area contributed by atoms with E-state index in [1.165, 1.54) is 22.5 Å². The smallest absolute Gasteiger partial charge is 0.361 e. The average Bonchev–Trinajstić information content (AvgIpc) is 3.11. The summed E-state index contributed by atoms with van der Waals surface area (Å²) < 4.78 is 38.6. The number of rotatable bonds is 5. The molecule has 0 aliphatic carbocycles. The van der Waals surface area contributed by atoms with Crippen LogP contribution in [0.3, 0.4) is 0 Å². The van der Waals surface area contributed by atoms with Crippen LogP contribution in [0, 0.1) is 0 Å². The van der Waals surface area contributed by atoms with E-state index in [2.05, 4.69) is 39.3 Å². The van der Waals surface area contributed by atoms with Gasteiger partial charge in [0.05, 0.1) is 0 Å². The number of fused-ring (bicyclic) bond motifs is 1. The van der Waals surface area contributed by atoms with E-state index >= 15 is 0 Å². The summed E-state index contributed by atoms with van der Waals surface area (Å²) in [4.78, 5) is 11.4. The molecule has 28 heavy (non-hydrogen) atoms. The third kappa shape index (κ3) is 4.14. The number of aromatic amines is 1. The van der Waals surface area contributed by atoms with Crippen LogP contribution in [-0.4, -0.2) is 47.6 Å². The van der Waals surface area contributed by atoms with Crippen LogP contribution in [0.2, 0.25) is 0 Å². The van der Waals surface area contributed by atoms with Gasteiger partial charge in [0.2, 0.25) is 0 Å². The van der Waals surface area contributed by atoms with Crippen molar-refractivity contribution in [1.82, 2.24) is 14.9 Å². The molecule has 3 heterocycles. The van der Waals surface area contributed by atoms with Crippen LogP contribution in [0.1, 0.15) is 17.7 Å². The first-order chi connectivity index (χ1) is 13.5. The van der Waals surface area contributed by atoms with Crippen LogP contribution in [0.25, 0.3) is 10.9 Å². The number of aromatic nitrogens is 2. The molecule has 1 saturated heterocycles. The normalized spacial score (nSPS) is 16.0. The lowest BCUT2D eigenvalue weighted by molar-refractivity contribution is -0.141. The quantitative estimate of drug-likeness (QED) is 0.706. The van der Waals surface area contributed by atoms with Crippen molar-refractivity contribution in [2.24, 2.45) is 0 Å². The summed E-state index contributed by atoms with van der Waals surface area (Å²) in [6, 6.07) is 12.4. The van der Waals surface area contributed by atoms with Crippen LogP contribution in [0.5, 0.6) is 0 Å². The third-order valence-electron chi connectivity index (χ3n) is 5.32. The summed E-state index contributed by atoms with van der Waals surface area (Å²) in [5.41, 5.74) is 1.67. The second kappa shape index (κ2) is 7.83. The summed E-state index contributed by atoms with van der Waals surface area (Å²) in [7, 11) is 0. The Hall–Kier alpha value is -2.54. The van der Waals surface area contributed by atoms with Gasteiger partial charge in [-0.3, -0.25) is 4.90 Å². The fourth-order valence-corrected chi connectivity index (χ4v) is 3.79. The Morgan fingerprint density at radius 1 is 0.964 bits per heavy atom. The molecule has 1 aliphatic heterocycles. The molecule has 4 rings (SSSR count). The minimum Gasteiger partial charge on any atom is -0.361 e. The maximum atomic E-state index is 12.9. The Bertz CT molecular complexity index is 927. The van der Waals surface area contributed by atoms with E-state index in [0.29, 0.717) is 18.9 Å².